The highest BCUT2D eigenvalue weighted by Crippen LogP contribution is 2.20. The first-order valence-corrected chi connectivity index (χ1v) is 5.52. The van der Waals surface area contributed by atoms with Gasteiger partial charge in [0.15, 0.2) is 5.82 Å². The Morgan fingerprint density at radius 3 is 2.65 bits per heavy atom. The van der Waals surface area contributed by atoms with Crippen molar-refractivity contribution in [1.29, 1.82) is 0 Å². The van der Waals surface area contributed by atoms with Crippen LogP contribution in [0.4, 0.5) is 5.95 Å². The van der Waals surface area contributed by atoms with Crippen molar-refractivity contribution < 1.29 is 0 Å². The maximum Gasteiger partial charge on any atom is 0.223 e. The zero-order valence-corrected chi connectivity index (χ0v) is 9.83. The van der Waals surface area contributed by atoms with E-state index in [0.29, 0.717) is 17.7 Å². The summed E-state index contributed by atoms with van der Waals surface area (Å²) in [5.74, 6) is 1.71. The summed E-state index contributed by atoms with van der Waals surface area (Å²) in [6.07, 6.45) is 4.27. The zero-order chi connectivity index (χ0) is 12.1. The van der Waals surface area contributed by atoms with E-state index in [0.717, 1.165) is 6.42 Å². The van der Waals surface area contributed by atoms with E-state index in [-0.39, 0.29) is 6.04 Å². The Hall–Kier alpha value is -2.05. The first-order valence-electron chi connectivity index (χ1n) is 5.52. The van der Waals surface area contributed by atoms with E-state index < -0.39 is 0 Å². The third-order valence-corrected chi connectivity index (χ3v) is 2.25. The normalized spacial score (nSPS) is 12.6. The van der Waals surface area contributed by atoms with E-state index in [1.807, 2.05) is 0 Å². The number of tetrazole rings is 1. The molecule has 1 atom stereocenters. The van der Waals surface area contributed by atoms with Gasteiger partial charge in [0.05, 0.1) is 6.04 Å². The van der Waals surface area contributed by atoms with E-state index in [2.05, 4.69) is 49.8 Å². The van der Waals surface area contributed by atoms with Crippen molar-refractivity contribution in [2.45, 2.75) is 26.3 Å². The summed E-state index contributed by atoms with van der Waals surface area (Å²) < 4.78 is 0. The highest BCUT2D eigenvalue weighted by Gasteiger charge is 2.18. The second-order valence-corrected chi connectivity index (χ2v) is 4.17. The van der Waals surface area contributed by atoms with Crippen LogP contribution in [0.5, 0.6) is 0 Å². The predicted molar refractivity (Wildman–Crippen MR) is 62.0 cm³/mol. The molecule has 7 heteroatoms. The van der Waals surface area contributed by atoms with Crippen LogP contribution in [0.1, 0.15) is 32.1 Å². The average Bonchev–Trinajstić information content (AvgIpc) is 2.82. The van der Waals surface area contributed by atoms with E-state index in [1.165, 1.54) is 0 Å². The number of rotatable bonds is 5. The number of aromatic amines is 1. The maximum atomic E-state index is 4.13. The topological polar surface area (TPSA) is 92.3 Å². The Bertz CT molecular complexity index is 425. The molecule has 0 radical (unpaired) electrons. The molecule has 1 unspecified atom stereocenters. The summed E-state index contributed by atoms with van der Waals surface area (Å²) in [4.78, 5) is 8.25. The van der Waals surface area contributed by atoms with Gasteiger partial charge in [0.25, 0.3) is 0 Å². The fourth-order valence-corrected chi connectivity index (χ4v) is 1.55. The van der Waals surface area contributed by atoms with Crippen molar-refractivity contribution in [3.8, 4) is 0 Å². The lowest BCUT2D eigenvalue weighted by atomic mass is 10.0. The number of anilines is 1. The van der Waals surface area contributed by atoms with Crippen LogP contribution < -0.4 is 5.32 Å². The molecule has 2 aromatic heterocycles. The fraction of sp³-hybridized carbons (Fsp3) is 0.500. The fourth-order valence-electron chi connectivity index (χ4n) is 1.55. The van der Waals surface area contributed by atoms with Crippen molar-refractivity contribution >= 4 is 5.95 Å². The Morgan fingerprint density at radius 1 is 1.29 bits per heavy atom. The first-order chi connectivity index (χ1) is 8.25. The zero-order valence-electron chi connectivity index (χ0n) is 9.83. The smallest absolute Gasteiger partial charge is 0.223 e. The highest BCUT2D eigenvalue weighted by molar-refractivity contribution is 5.25. The molecule has 7 nitrogen and oxygen atoms in total. The largest absolute Gasteiger partial charge is 0.344 e. The number of hydrogen-bond donors (Lipinski definition) is 2. The van der Waals surface area contributed by atoms with Crippen LogP contribution in [0.3, 0.4) is 0 Å². The molecule has 0 aromatic carbocycles. The van der Waals surface area contributed by atoms with Crippen molar-refractivity contribution in [3.63, 3.8) is 0 Å². The molecular formula is C10H15N7. The van der Waals surface area contributed by atoms with Gasteiger partial charge < -0.3 is 5.32 Å². The van der Waals surface area contributed by atoms with Crippen molar-refractivity contribution in [2.75, 3.05) is 5.32 Å². The number of nitrogens with zero attached hydrogens (tertiary/aromatic N) is 5. The van der Waals surface area contributed by atoms with Crippen LogP contribution in [-0.2, 0) is 0 Å². The van der Waals surface area contributed by atoms with Gasteiger partial charge in [0.1, 0.15) is 0 Å². The number of hydrogen-bond acceptors (Lipinski definition) is 6. The minimum absolute atomic E-state index is 0.0313. The second-order valence-electron chi connectivity index (χ2n) is 4.17. The summed E-state index contributed by atoms with van der Waals surface area (Å²) in [6.45, 7) is 4.28. The summed E-state index contributed by atoms with van der Waals surface area (Å²) in [6, 6.07) is 1.74. The minimum Gasteiger partial charge on any atom is -0.344 e. The molecule has 0 aliphatic heterocycles. The SMILES string of the molecule is CC(C)CC(Nc1ncccn1)c1nn[nH]n1. The molecule has 0 bridgehead atoms. The van der Waals surface area contributed by atoms with Gasteiger partial charge in [-0.25, -0.2) is 9.97 Å². The Balaban J connectivity index is 2.11. The quantitative estimate of drug-likeness (QED) is 0.805. The molecule has 2 aromatic rings. The molecule has 0 saturated heterocycles. The lowest BCUT2D eigenvalue weighted by Gasteiger charge is -2.16. The van der Waals surface area contributed by atoms with Gasteiger partial charge in [-0.2, -0.15) is 5.21 Å². The third kappa shape index (κ3) is 3.20. The minimum atomic E-state index is -0.0313. The van der Waals surface area contributed by atoms with Crippen LogP contribution >= 0.6 is 0 Å². The standard InChI is InChI=1S/C10H15N7/c1-7(2)6-8(9-14-16-17-15-9)13-10-11-4-3-5-12-10/h3-5,7-8H,6H2,1-2H3,(H,11,12,13)(H,14,15,16,17). The molecule has 0 fully saturated rings. The maximum absolute atomic E-state index is 4.13. The van der Waals surface area contributed by atoms with Crippen LogP contribution in [0, 0.1) is 5.92 Å². The lowest BCUT2D eigenvalue weighted by Crippen LogP contribution is -2.16. The Labute approximate surface area is 99.1 Å². The third-order valence-electron chi connectivity index (χ3n) is 2.25. The van der Waals surface area contributed by atoms with Gasteiger partial charge in [-0.15, -0.1) is 10.2 Å². The van der Waals surface area contributed by atoms with Gasteiger partial charge in [0.2, 0.25) is 5.95 Å². The van der Waals surface area contributed by atoms with E-state index in [4.69, 9.17) is 0 Å². The molecule has 0 amide bonds. The van der Waals surface area contributed by atoms with E-state index >= 15 is 0 Å². The predicted octanol–water partition coefficient (Wildman–Crippen LogP) is 1.19. The van der Waals surface area contributed by atoms with Crippen LogP contribution in [0.2, 0.25) is 0 Å². The highest BCUT2D eigenvalue weighted by atomic mass is 15.5. The molecule has 2 rings (SSSR count). The molecule has 2 heterocycles. The van der Waals surface area contributed by atoms with Crippen LogP contribution in [0.15, 0.2) is 18.5 Å². The number of nitrogens with one attached hydrogen (secondary N) is 2. The number of H-pyrrole nitrogens is 1. The van der Waals surface area contributed by atoms with Gasteiger partial charge in [-0.05, 0) is 18.4 Å². The van der Waals surface area contributed by atoms with E-state index in [1.54, 1.807) is 18.5 Å². The van der Waals surface area contributed by atoms with Crippen LogP contribution in [-0.4, -0.2) is 30.6 Å². The summed E-state index contributed by atoms with van der Waals surface area (Å²) in [5.41, 5.74) is 0. The summed E-state index contributed by atoms with van der Waals surface area (Å²) in [7, 11) is 0. The van der Waals surface area contributed by atoms with Crippen molar-refractivity contribution in [2.24, 2.45) is 5.92 Å². The molecule has 2 N–H and O–H groups in total. The monoisotopic (exact) mass is 233 g/mol. The lowest BCUT2D eigenvalue weighted by molar-refractivity contribution is 0.513. The number of aromatic nitrogens is 6. The van der Waals surface area contributed by atoms with E-state index in [9.17, 15) is 0 Å². The Morgan fingerprint density at radius 2 is 2.06 bits per heavy atom. The van der Waals surface area contributed by atoms with Gasteiger partial charge in [0, 0.05) is 12.4 Å². The molecule has 0 saturated carbocycles. The van der Waals surface area contributed by atoms with Gasteiger partial charge >= 0.3 is 0 Å². The molecule has 90 valence electrons. The molecule has 0 spiro atoms. The Kier molecular flexibility index (Phi) is 3.59. The average molecular weight is 233 g/mol. The summed E-state index contributed by atoms with van der Waals surface area (Å²) >= 11 is 0. The van der Waals surface area contributed by atoms with Crippen LogP contribution in [0.25, 0.3) is 0 Å². The van der Waals surface area contributed by atoms with Crippen molar-refractivity contribution in [1.82, 2.24) is 30.6 Å². The second kappa shape index (κ2) is 5.33. The summed E-state index contributed by atoms with van der Waals surface area (Å²) in [5, 5.41) is 17.2. The van der Waals surface area contributed by atoms with Gasteiger partial charge in [-0.1, -0.05) is 19.1 Å². The van der Waals surface area contributed by atoms with Gasteiger partial charge in [-0.3, -0.25) is 0 Å². The molecule has 0 aliphatic rings. The molecule has 17 heavy (non-hydrogen) atoms. The molecule has 0 aliphatic carbocycles. The molecular weight excluding hydrogens is 218 g/mol. The van der Waals surface area contributed by atoms with Crippen molar-refractivity contribution in [3.05, 3.63) is 24.3 Å². The first kappa shape index (κ1) is 11.4.